The molecule has 0 aliphatic carbocycles. The van der Waals surface area contributed by atoms with Crippen molar-refractivity contribution in [3.05, 3.63) is 85.1 Å². The highest BCUT2D eigenvalue weighted by atomic mass is 16.7. The van der Waals surface area contributed by atoms with E-state index in [0.29, 0.717) is 19.4 Å². The summed E-state index contributed by atoms with van der Waals surface area (Å²) in [5.74, 6) is -0.199. The molecule has 0 aromatic carbocycles. The molecule has 7 atom stereocenters. The van der Waals surface area contributed by atoms with Crippen molar-refractivity contribution in [1.82, 2.24) is 5.32 Å². The van der Waals surface area contributed by atoms with E-state index in [0.717, 1.165) is 83.5 Å². The summed E-state index contributed by atoms with van der Waals surface area (Å²) >= 11 is 0. The van der Waals surface area contributed by atoms with Gasteiger partial charge in [-0.2, -0.15) is 0 Å². The van der Waals surface area contributed by atoms with E-state index in [4.69, 9.17) is 14.2 Å². The maximum absolute atomic E-state index is 13.1. The quantitative estimate of drug-likeness (QED) is 0.0195. The lowest BCUT2D eigenvalue weighted by atomic mass is 9.99. The van der Waals surface area contributed by atoms with Crippen molar-refractivity contribution in [2.45, 2.75) is 397 Å². The fourth-order valence-electron chi connectivity index (χ4n) is 11.8. The number of unbranched alkanes of at least 4 members (excludes halogenated alkanes) is 42. The molecule has 0 spiro atoms. The number of carbonyl (C=O) groups excluding carboxylic acids is 2. The van der Waals surface area contributed by atoms with Crippen LogP contribution in [0.5, 0.6) is 0 Å². The van der Waals surface area contributed by atoms with Gasteiger partial charge in [-0.15, -0.1) is 0 Å². The Kier molecular flexibility index (Phi) is 65.3. The van der Waals surface area contributed by atoms with Crippen molar-refractivity contribution in [2.75, 3.05) is 19.8 Å². The molecule has 0 radical (unpaired) electrons. The van der Waals surface area contributed by atoms with Gasteiger partial charge >= 0.3 is 5.97 Å². The van der Waals surface area contributed by atoms with E-state index >= 15 is 0 Å². The Morgan fingerprint density at radius 1 is 0.402 bits per heavy atom. The average molecular weight is 1290 g/mol. The summed E-state index contributed by atoms with van der Waals surface area (Å²) in [6.07, 6.45) is 85.9. The number of esters is 1. The topological polar surface area (TPSA) is 175 Å². The standard InChI is InChI=1S/C81H145NO10/c1-3-5-7-9-11-13-15-17-40-43-47-51-55-59-63-67-74(84)73(72-91-81-80(89)79(88)78(87)75(71-83)92-81)82-76(85)68-64-60-56-52-48-44-41-38-36-34-32-30-28-26-24-22-20-19-21-23-25-27-29-31-33-35-37-39-42-46-50-54-58-62-66-70-90-77(86)69-65-61-57-53-49-45-18-16-14-12-10-8-6-4-2/h10,12,15-18,21,23,27,29,47,51,63,67,73-75,78-81,83-84,87-89H,3-9,11,13-14,19-20,22,24-26,28,30-46,48-50,52-62,64-66,68-72H2,1-2H3,(H,82,85)/b12-10-,17-15+,18-16-,23-21-,29-27-,51-47+,67-63+. The molecule has 0 saturated carbocycles. The van der Waals surface area contributed by atoms with E-state index in [1.165, 1.54) is 244 Å². The molecule has 0 aromatic rings. The van der Waals surface area contributed by atoms with Crippen molar-refractivity contribution in [1.29, 1.82) is 0 Å². The number of allylic oxidation sites excluding steroid dienone is 13. The van der Waals surface area contributed by atoms with Gasteiger partial charge in [0, 0.05) is 12.8 Å². The maximum atomic E-state index is 13.1. The molecule has 1 rings (SSSR count). The fraction of sp³-hybridized carbons (Fsp3) is 0.802. The highest BCUT2D eigenvalue weighted by Gasteiger charge is 2.44. The van der Waals surface area contributed by atoms with Crippen molar-refractivity contribution in [2.24, 2.45) is 0 Å². The Morgan fingerprint density at radius 3 is 1.17 bits per heavy atom. The molecule has 0 aromatic heterocycles. The van der Waals surface area contributed by atoms with Crippen LogP contribution in [-0.4, -0.2) is 100 Å². The predicted molar refractivity (Wildman–Crippen MR) is 389 cm³/mol. The smallest absolute Gasteiger partial charge is 0.305 e. The number of nitrogens with one attached hydrogen (secondary N) is 1. The molecule has 6 N–H and O–H groups in total. The first kappa shape index (κ1) is 86.9. The number of hydrogen-bond acceptors (Lipinski definition) is 10. The monoisotopic (exact) mass is 1290 g/mol. The van der Waals surface area contributed by atoms with Gasteiger partial charge in [-0.25, -0.2) is 0 Å². The summed E-state index contributed by atoms with van der Waals surface area (Å²) in [4.78, 5) is 25.2. The van der Waals surface area contributed by atoms with Crippen molar-refractivity contribution >= 4 is 11.9 Å². The highest BCUT2D eigenvalue weighted by Crippen LogP contribution is 2.23. The molecule has 7 unspecified atom stereocenters. The van der Waals surface area contributed by atoms with Crippen molar-refractivity contribution in [3.63, 3.8) is 0 Å². The minimum atomic E-state index is -1.58. The molecular weight excluding hydrogens is 1150 g/mol. The number of hydrogen-bond donors (Lipinski definition) is 6. The molecular formula is C81H145NO10. The van der Waals surface area contributed by atoms with Gasteiger partial charge in [0.25, 0.3) is 0 Å². The Hall–Kier alpha value is -3.16. The van der Waals surface area contributed by atoms with Gasteiger partial charge in [0.2, 0.25) is 5.91 Å². The third-order valence-electron chi connectivity index (χ3n) is 17.9. The van der Waals surface area contributed by atoms with E-state index < -0.39 is 49.5 Å². The molecule has 1 amide bonds. The number of amides is 1. The van der Waals surface area contributed by atoms with Crippen LogP contribution in [0, 0.1) is 0 Å². The van der Waals surface area contributed by atoms with Crippen LogP contribution in [-0.2, 0) is 23.8 Å². The lowest BCUT2D eigenvalue weighted by molar-refractivity contribution is -0.302. The summed E-state index contributed by atoms with van der Waals surface area (Å²) in [5.41, 5.74) is 0. The van der Waals surface area contributed by atoms with Crippen LogP contribution in [0.2, 0.25) is 0 Å². The third-order valence-corrected chi connectivity index (χ3v) is 17.9. The number of aliphatic hydroxyl groups is 5. The van der Waals surface area contributed by atoms with Crippen molar-refractivity contribution in [3.8, 4) is 0 Å². The first-order valence-electron chi connectivity index (χ1n) is 38.9. The van der Waals surface area contributed by atoms with E-state index in [2.05, 4.69) is 92.1 Å². The summed E-state index contributed by atoms with van der Waals surface area (Å²) in [6, 6.07) is -0.835. The number of aliphatic hydroxyl groups excluding tert-OH is 5. The lowest BCUT2D eigenvalue weighted by Gasteiger charge is -2.40. The molecule has 1 heterocycles. The Morgan fingerprint density at radius 2 is 0.750 bits per heavy atom. The normalized spacial score (nSPS) is 18.0. The molecule has 534 valence electrons. The zero-order chi connectivity index (χ0) is 66.5. The zero-order valence-corrected chi connectivity index (χ0v) is 59.5. The first-order chi connectivity index (χ1) is 45.2. The SMILES string of the molecule is CCCC/C=C\C/C=C\CCCCCCCC(=O)OCCCCCCCCCCCCC/C=C\C/C=C\CCCCCCCCCCCCCCCCCCCC(=O)NC(COC1OC(CO)C(O)C(O)C1O)C(O)/C=C/CC/C=C/CC/C=C/CCCCCCC. The van der Waals surface area contributed by atoms with Gasteiger partial charge in [-0.1, -0.05) is 311 Å². The van der Waals surface area contributed by atoms with E-state index in [9.17, 15) is 35.1 Å². The molecule has 11 nitrogen and oxygen atoms in total. The van der Waals surface area contributed by atoms with Crippen molar-refractivity contribution < 1.29 is 49.3 Å². The first-order valence-corrected chi connectivity index (χ1v) is 38.9. The van der Waals surface area contributed by atoms with Crippen LogP contribution in [0.25, 0.3) is 0 Å². The van der Waals surface area contributed by atoms with E-state index in [1.807, 2.05) is 6.08 Å². The Bertz CT molecular complexity index is 1810. The molecule has 92 heavy (non-hydrogen) atoms. The second kappa shape index (κ2) is 69.2. The summed E-state index contributed by atoms with van der Waals surface area (Å²) in [5, 5.41) is 54.6. The van der Waals surface area contributed by atoms with Gasteiger partial charge in [0.1, 0.15) is 24.4 Å². The molecule has 1 saturated heterocycles. The molecule has 1 aliphatic heterocycles. The zero-order valence-electron chi connectivity index (χ0n) is 59.5. The van der Waals surface area contributed by atoms with Gasteiger partial charge in [-0.05, 0) is 116 Å². The van der Waals surface area contributed by atoms with E-state index in [-0.39, 0.29) is 18.5 Å². The fourth-order valence-corrected chi connectivity index (χ4v) is 11.8. The summed E-state index contributed by atoms with van der Waals surface area (Å²) in [6.45, 7) is 4.29. The Balaban J connectivity index is 1.96. The number of carbonyl (C=O) groups is 2. The molecule has 11 heteroatoms. The second-order valence-corrected chi connectivity index (χ2v) is 26.7. The molecule has 0 bridgehead atoms. The van der Waals surface area contributed by atoms with Crippen LogP contribution < -0.4 is 5.32 Å². The number of ether oxygens (including phenoxy) is 3. The number of rotatable bonds is 68. The van der Waals surface area contributed by atoms with Crippen LogP contribution in [0.1, 0.15) is 354 Å². The highest BCUT2D eigenvalue weighted by molar-refractivity contribution is 5.76. The minimum absolute atomic E-state index is 0.00531. The van der Waals surface area contributed by atoms with Gasteiger partial charge in [-0.3, -0.25) is 9.59 Å². The van der Waals surface area contributed by atoms with Crippen LogP contribution in [0.3, 0.4) is 0 Å². The van der Waals surface area contributed by atoms with Gasteiger partial charge < -0.3 is 45.1 Å². The maximum Gasteiger partial charge on any atom is 0.305 e. The Labute approximate surface area is 565 Å². The van der Waals surface area contributed by atoms with Gasteiger partial charge in [0.15, 0.2) is 6.29 Å². The second-order valence-electron chi connectivity index (χ2n) is 26.7. The predicted octanol–water partition coefficient (Wildman–Crippen LogP) is 20.8. The molecule has 1 aliphatic rings. The van der Waals surface area contributed by atoms with Crippen LogP contribution in [0.15, 0.2) is 85.1 Å². The largest absolute Gasteiger partial charge is 0.466 e. The lowest BCUT2D eigenvalue weighted by Crippen LogP contribution is -2.60. The third kappa shape index (κ3) is 57.1. The van der Waals surface area contributed by atoms with Crippen LogP contribution >= 0.6 is 0 Å². The molecule has 1 fully saturated rings. The van der Waals surface area contributed by atoms with Gasteiger partial charge in [0.05, 0.1) is 32.0 Å². The average Bonchev–Trinajstić information content (AvgIpc) is 1.03. The van der Waals surface area contributed by atoms with E-state index in [1.54, 1.807) is 6.08 Å². The van der Waals surface area contributed by atoms with Crippen LogP contribution in [0.4, 0.5) is 0 Å². The summed E-state index contributed by atoms with van der Waals surface area (Å²) in [7, 11) is 0. The minimum Gasteiger partial charge on any atom is -0.466 e. The summed E-state index contributed by atoms with van der Waals surface area (Å²) < 4.78 is 16.7.